The third-order valence-electron chi connectivity index (χ3n) is 5.56. The molecule has 0 spiro atoms. The van der Waals surface area contributed by atoms with Crippen molar-refractivity contribution in [2.24, 2.45) is 0 Å². The van der Waals surface area contributed by atoms with Crippen LogP contribution >= 0.6 is 0 Å². The average molecular weight is 401 g/mol. The zero-order valence-corrected chi connectivity index (χ0v) is 17.5. The molecule has 0 fully saturated rings. The smallest absolute Gasteiger partial charge is 0.340 e. The van der Waals surface area contributed by atoms with E-state index < -0.39 is 5.97 Å². The largest absolute Gasteiger partial charge is 0.465 e. The number of rotatable bonds is 4. The van der Waals surface area contributed by atoms with E-state index in [1.165, 1.54) is 7.11 Å². The summed E-state index contributed by atoms with van der Waals surface area (Å²) in [6.07, 6.45) is 0. The third kappa shape index (κ3) is 2.98. The van der Waals surface area contributed by atoms with Gasteiger partial charge in [0.15, 0.2) is 5.78 Å². The standard InChI is InChI=1S/C25H23NO4/c1-14(2)21-20(25(29)30-4)19-22(26(21)13-16-11-9-15(3)10-12-16)24(28)18-8-6-5-7-17(18)23(19)27/h5-12,14H,13H2,1-4H3. The van der Waals surface area contributed by atoms with Crippen molar-refractivity contribution < 1.29 is 19.1 Å². The summed E-state index contributed by atoms with van der Waals surface area (Å²) in [5.41, 5.74) is 4.06. The molecule has 0 amide bonds. The van der Waals surface area contributed by atoms with Crippen LogP contribution in [0.1, 0.15) is 78.9 Å². The number of carbonyl (C=O) groups excluding carboxylic acids is 3. The molecule has 1 heterocycles. The highest BCUT2D eigenvalue weighted by molar-refractivity contribution is 6.30. The van der Waals surface area contributed by atoms with Crippen molar-refractivity contribution in [2.45, 2.75) is 33.2 Å². The van der Waals surface area contributed by atoms with Crippen molar-refractivity contribution in [3.05, 3.63) is 93.3 Å². The first-order chi connectivity index (χ1) is 14.3. The Labute approximate surface area is 175 Å². The molecule has 0 bridgehead atoms. The van der Waals surface area contributed by atoms with Crippen LogP contribution in [0.4, 0.5) is 0 Å². The molecule has 5 nitrogen and oxygen atoms in total. The lowest BCUT2D eigenvalue weighted by Crippen LogP contribution is -2.24. The predicted octanol–water partition coefficient (Wildman–Crippen LogP) is 4.53. The minimum Gasteiger partial charge on any atom is -0.465 e. The highest BCUT2D eigenvalue weighted by atomic mass is 16.5. The molecule has 2 aromatic carbocycles. The molecule has 4 rings (SSSR count). The van der Waals surface area contributed by atoms with Crippen molar-refractivity contribution in [2.75, 3.05) is 7.11 Å². The van der Waals surface area contributed by atoms with Gasteiger partial charge < -0.3 is 9.30 Å². The van der Waals surface area contributed by atoms with Crippen molar-refractivity contribution in [1.29, 1.82) is 0 Å². The quantitative estimate of drug-likeness (QED) is 0.471. The Morgan fingerprint density at radius 1 is 0.967 bits per heavy atom. The SMILES string of the molecule is COC(=O)c1c2c(n(Cc3ccc(C)cc3)c1C(C)C)C(=O)c1ccccc1C2=O. The Morgan fingerprint density at radius 3 is 2.13 bits per heavy atom. The lowest BCUT2D eigenvalue weighted by molar-refractivity contribution is 0.0595. The summed E-state index contributed by atoms with van der Waals surface area (Å²) in [5, 5.41) is 0. The summed E-state index contributed by atoms with van der Waals surface area (Å²) in [7, 11) is 1.29. The predicted molar refractivity (Wildman–Crippen MR) is 113 cm³/mol. The normalized spacial score (nSPS) is 12.7. The Bertz CT molecular complexity index is 1180. The number of aryl methyl sites for hydroxylation is 1. The van der Waals surface area contributed by atoms with Crippen LogP contribution in [0.5, 0.6) is 0 Å². The van der Waals surface area contributed by atoms with E-state index in [1.54, 1.807) is 24.3 Å². The van der Waals surface area contributed by atoms with E-state index in [1.807, 2.05) is 49.6 Å². The fourth-order valence-electron chi connectivity index (χ4n) is 4.18. The molecular weight excluding hydrogens is 378 g/mol. The Hall–Kier alpha value is -3.47. The Kier molecular flexibility index (Phi) is 4.90. The molecular formula is C25H23NO4. The highest BCUT2D eigenvalue weighted by Crippen LogP contribution is 2.37. The van der Waals surface area contributed by atoms with Crippen LogP contribution in [0.25, 0.3) is 0 Å². The summed E-state index contributed by atoms with van der Waals surface area (Å²) in [4.78, 5) is 39.7. The summed E-state index contributed by atoms with van der Waals surface area (Å²) in [5.74, 6) is -1.26. The number of hydrogen-bond donors (Lipinski definition) is 0. The van der Waals surface area contributed by atoms with Gasteiger partial charge in [0, 0.05) is 23.4 Å². The Morgan fingerprint density at radius 2 is 1.57 bits per heavy atom. The molecule has 0 radical (unpaired) electrons. The van der Waals surface area contributed by atoms with Crippen LogP contribution in [-0.4, -0.2) is 29.2 Å². The Balaban J connectivity index is 2.03. The zero-order valence-electron chi connectivity index (χ0n) is 17.5. The van der Waals surface area contributed by atoms with Crippen LogP contribution in [0.3, 0.4) is 0 Å². The molecule has 0 aliphatic heterocycles. The van der Waals surface area contributed by atoms with E-state index in [0.29, 0.717) is 23.4 Å². The molecule has 152 valence electrons. The minimum absolute atomic E-state index is 0.0983. The lowest BCUT2D eigenvalue weighted by atomic mass is 9.85. The number of hydrogen-bond acceptors (Lipinski definition) is 4. The number of nitrogens with zero attached hydrogens (tertiary/aromatic N) is 1. The first kappa shape index (κ1) is 19.8. The fourth-order valence-corrected chi connectivity index (χ4v) is 4.18. The highest BCUT2D eigenvalue weighted by Gasteiger charge is 2.40. The summed E-state index contributed by atoms with van der Waals surface area (Å²) < 4.78 is 6.85. The summed E-state index contributed by atoms with van der Waals surface area (Å²) in [6, 6.07) is 14.7. The number of fused-ring (bicyclic) bond motifs is 2. The lowest BCUT2D eigenvalue weighted by Gasteiger charge is -2.19. The van der Waals surface area contributed by atoms with Gasteiger partial charge in [-0.25, -0.2) is 4.79 Å². The van der Waals surface area contributed by atoms with Gasteiger partial charge in [-0.2, -0.15) is 0 Å². The van der Waals surface area contributed by atoms with Crippen molar-refractivity contribution in [3.63, 3.8) is 0 Å². The van der Waals surface area contributed by atoms with E-state index >= 15 is 0 Å². The third-order valence-corrected chi connectivity index (χ3v) is 5.56. The first-order valence-electron chi connectivity index (χ1n) is 9.93. The van der Waals surface area contributed by atoms with Gasteiger partial charge in [0.1, 0.15) is 5.69 Å². The number of esters is 1. The number of aromatic nitrogens is 1. The zero-order chi connectivity index (χ0) is 21.6. The molecule has 1 aliphatic carbocycles. The molecule has 30 heavy (non-hydrogen) atoms. The number of carbonyl (C=O) groups is 3. The van der Waals surface area contributed by atoms with Crippen LogP contribution in [0.2, 0.25) is 0 Å². The molecule has 0 saturated heterocycles. The van der Waals surface area contributed by atoms with E-state index in [4.69, 9.17) is 4.74 Å². The number of methoxy groups -OCH3 is 1. The van der Waals surface area contributed by atoms with Gasteiger partial charge in [0.25, 0.3) is 0 Å². The number of ether oxygens (including phenoxy) is 1. The summed E-state index contributed by atoms with van der Waals surface area (Å²) >= 11 is 0. The molecule has 1 aliphatic rings. The molecule has 5 heteroatoms. The number of ketones is 2. The van der Waals surface area contributed by atoms with Gasteiger partial charge in [-0.05, 0) is 18.4 Å². The van der Waals surface area contributed by atoms with Gasteiger partial charge >= 0.3 is 5.97 Å². The minimum atomic E-state index is -0.599. The second-order valence-corrected chi connectivity index (χ2v) is 7.91. The van der Waals surface area contributed by atoms with E-state index in [0.717, 1.165) is 11.1 Å². The van der Waals surface area contributed by atoms with E-state index in [-0.39, 0.29) is 34.3 Å². The second-order valence-electron chi connectivity index (χ2n) is 7.91. The maximum atomic E-state index is 13.5. The maximum absolute atomic E-state index is 13.5. The van der Waals surface area contributed by atoms with Crippen molar-refractivity contribution in [1.82, 2.24) is 4.57 Å². The topological polar surface area (TPSA) is 65.4 Å². The van der Waals surface area contributed by atoms with E-state index in [9.17, 15) is 14.4 Å². The average Bonchev–Trinajstić information content (AvgIpc) is 3.08. The van der Waals surface area contributed by atoms with Crippen LogP contribution in [0.15, 0.2) is 48.5 Å². The van der Waals surface area contributed by atoms with Crippen LogP contribution in [0, 0.1) is 6.92 Å². The van der Waals surface area contributed by atoms with Gasteiger partial charge in [-0.15, -0.1) is 0 Å². The van der Waals surface area contributed by atoms with Crippen molar-refractivity contribution >= 4 is 17.5 Å². The fraction of sp³-hybridized carbons (Fsp3) is 0.240. The maximum Gasteiger partial charge on any atom is 0.340 e. The summed E-state index contributed by atoms with van der Waals surface area (Å²) in [6.45, 7) is 6.28. The van der Waals surface area contributed by atoms with Crippen LogP contribution < -0.4 is 0 Å². The number of benzene rings is 2. The van der Waals surface area contributed by atoms with Gasteiger partial charge in [-0.1, -0.05) is 67.9 Å². The van der Waals surface area contributed by atoms with Gasteiger partial charge in [-0.3, -0.25) is 9.59 Å². The molecule has 0 N–H and O–H groups in total. The van der Waals surface area contributed by atoms with Crippen molar-refractivity contribution in [3.8, 4) is 0 Å². The molecule has 0 saturated carbocycles. The molecule has 0 unspecified atom stereocenters. The first-order valence-corrected chi connectivity index (χ1v) is 9.93. The van der Waals surface area contributed by atoms with Crippen LogP contribution in [-0.2, 0) is 11.3 Å². The monoisotopic (exact) mass is 401 g/mol. The van der Waals surface area contributed by atoms with Gasteiger partial charge in [0.05, 0.1) is 18.2 Å². The molecule has 3 aromatic rings. The van der Waals surface area contributed by atoms with E-state index in [2.05, 4.69) is 0 Å². The van der Waals surface area contributed by atoms with Gasteiger partial charge in [0.2, 0.25) is 5.78 Å². The molecule has 0 atom stereocenters. The molecule has 1 aromatic heterocycles. The second kappa shape index (κ2) is 7.41.